The van der Waals surface area contributed by atoms with Crippen molar-refractivity contribution >= 4 is 11.9 Å². The van der Waals surface area contributed by atoms with Gasteiger partial charge in [-0.1, -0.05) is 180 Å². The van der Waals surface area contributed by atoms with E-state index in [1.54, 1.807) is 0 Å². The molecule has 0 rings (SSSR count). The number of carboxylic acids is 2. The van der Waals surface area contributed by atoms with Gasteiger partial charge in [-0.25, -0.2) is 0 Å². The first-order valence-electron chi connectivity index (χ1n) is 16.7. The molecule has 0 fully saturated rings. The Bertz CT molecular complexity index is 543. The first-order chi connectivity index (χ1) is 18.6. The lowest BCUT2D eigenvalue weighted by Gasteiger charge is -2.04. The largest absolute Gasteiger partial charge is 0.481 e. The summed E-state index contributed by atoms with van der Waals surface area (Å²) in [4.78, 5) is 21.7. The lowest BCUT2D eigenvalue weighted by atomic mass is 10.0. The molecule has 0 aliphatic heterocycles. The lowest BCUT2D eigenvalue weighted by Crippen LogP contribution is -2.15. The molecule has 0 heterocycles. The molecule has 4 nitrogen and oxygen atoms in total. The number of hydrogen-bond donors (Lipinski definition) is 2. The molecule has 0 aliphatic rings. The highest BCUT2D eigenvalue weighted by Gasteiger charge is 2.17. The van der Waals surface area contributed by atoms with E-state index in [9.17, 15) is 9.59 Å². The van der Waals surface area contributed by atoms with Crippen molar-refractivity contribution < 1.29 is 19.8 Å². The van der Waals surface area contributed by atoms with Gasteiger partial charge in [-0.3, -0.25) is 9.59 Å². The van der Waals surface area contributed by atoms with E-state index in [-0.39, 0.29) is 6.42 Å². The molecule has 0 aromatic rings. The van der Waals surface area contributed by atoms with Gasteiger partial charge in [-0.15, -0.1) is 0 Å². The molecular weight excluding hydrogens is 472 g/mol. The molecule has 0 spiro atoms. The molecule has 0 aromatic carbocycles. The van der Waals surface area contributed by atoms with E-state index in [2.05, 4.69) is 6.92 Å². The minimum Gasteiger partial charge on any atom is -0.481 e. The molecule has 2 N–H and O–H groups in total. The van der Waals surface area contributed by atoms with E-state index in [0.717, 1.165) is 12.8 Å². The van der Waals surface area contributed by atoms with Crippen LogP contribution in [0.1, 0.15) is 187 Å². The number of aliphatic carboxylic acids is 2. The van der Waals surface area contributed by atoms with E-state index < -0.39 is 17.9 Å². The second kappa shape index (κ2) is 30.2. The zero-order valence-electron chi connectivity index (χ0n) is 25.2. The fraction of sp³-hybridized carbons (Fsp3) is 0.882. The summed E-state index contributed by atoms with van der Waals surface area (Å²) in [5, 5.41) is 17.7. The van der Waals surface area contributed by atoms with Crippen LogP contribution < -0.4 is 0 Å². The Morgan fingerprint density at radius 3 is 1.05 bits per heavy atom. The number of carbonyl (C=O) groups is 2. The predicted molar refractivity (Wildman–Crippen MR) is 163 cm³/mol. The molecule has 1 unspecified atom stereocenters. The number of hydrogen-bond acceptors (Lipinski definition) is 2. The van der Waals surface area contributed by atoms with Crippen molar-refractivity contribution in [2.75, 3.05) is 0 Å². The number of allylic oxidation sites excluding steroid dienone is 1. The van der Waals surface area contributed by atoms with Crippen LogP contribution in [-0.4, -0.2) is 22.2 Å². The average Bonchev–Trinajstić information content (AvgIpc) is 2.89. The SMILES string of the molecule is CCCCCCCCCCCCCCCCCCCCCCCCCCCC/C=C/C(CC(=O)O)C(=O)O. The number of carboxylic acid groups (broad SMARTS) is 2. The van der Waals surface area contributed by atoms with Crippen molar-refractivity contribution in [2.24, 2.45) is 5.92 Å². The second-order valence-corrected chi connectivity index (χ2v) is 11.6. The Labute approximate surface area is 236 Å². The summed E-state index contributed by atoms with van der Waals surface area (Å²) in [6.45, 7) is 2.29. The molecular formula is C34H64O4. The standard InChI is InChI=1S/C34H64O4/c1-2-3-4-5-6-7-8-9-10-11-12-13-14-15-16-17-18-19-20-21-22-23-24-25-26-27-28-29-30-32(34(37)38)31-33(35)36/h29-30,32H,2-28,31H2,1H3,(H,35,36)(H,37,38)/b30-29+. The molecule has 0 aromatic heterocycles. The highest BCUT2D eigenvalue weighted by Crippen LogP contribution is 2.16. The van der Waals surface area contributed by atoms with Gasteiger partial charge in [0.25, 0.3) is 0 Å². The molecule has 38 heavy (non-hydrogen) atoms. The monoisotopic (exact) mass is 536 g/mol. The zero-order valence-corrected chi connectivity index (χ0v) is 25.2. The van der Waals surface area contributed by atoms with Crippen LogP contribution in [0.25, 0.3) is 0 Å². The first-order valence-corrected chi connectivity index (χ1v) is 16.7. The van der Waals surface area contributed by atoms with E-state index in [0.29, 0.717) is 0 Å². The van der Waals surface area contributed by atoms with Crippen LogP contribution in [0.3, 0.4) is 0 Å². The minimum absolute atomic E-state index is 0.342. The minimum atomic E-state index is -1.07. The van der Waals surface area contributed by atoms with Crippen LogP contribution in [0.2, 0.25) is 0 Å². The fourth-order valence-corrected chi connectivity index (χ4v) is 5.26. The Kier molecular flexibility index (Phi) is 29.2. The van der Waals surface area contributed by atoms with Gasteiger partial charge in [-0.05, 0) is 12.8 Å². The molecule has 0 amide bonds. The highest BCUT2D eigenvalue weighted by molar-refractivity contribution is 5.79. The number of unbranched alkanes of at least 4 members (excludes halogenated alkanes) is 26. The van der Waals surface area contributed by atoms with Gasteiger partial charge in [0.2, 0.25) is 0 Å². The normalized spacial score (nSPS) is 12.3. The number of rotatable bonds is 31. The van der Waals surface area contributed by atoms with Crippen molar-refractivity contribution in [3.05, 3.63) is 12.2 Å². The van der Waals surface area contributed by atoms with Gasteiger partial charge < -0.3 is 10.2 Å². The van der Waals surface area contributed by atoms with Gasteiger partial charge in [-0.2, -0.15) is 0 Å². The third-order valence-electron chi connectivity index (χ3n) is 7.80. The molecule has 4 heteroatoms. The summed E-state index contributed by atoms with van der Waals surface area (Å²) in [5.74, 6) is -3.03. The van der Waals surface area contributed by atoms with Crippen molar-refractivity contribution in [2.45, 2.75) is 187 Å². The van der Waals surface area contributed by atoms with Gasteiger partial charge >= 0.3 is 11.9 Å². The van der Waals surface area contributed by atoms with E-state index in [4.69, 9.17) is 10.2 Å². The smallest absolute Gasteiger partial charge is 0.310 e. The Morgan fingerprint density at radius 1 is 0.500 bits per heavy atom. The third-order valence-corrected chi connectivity index (χ3v) is 7.80. The van der Waals surface area contributed by atoms with Gasteiger partial charge in [0.1, 0.15) is 0 Å². The van der Waals surface area contributed by atoms with Crippen molar-refractivity contribution in [3.63, 3.8) is 0 Å². The quantitative estimate of drug-likeness (QED) is 0.0682. The maximum Gasteiger partial charge on any atom is 0.310 e. The third kappa shape index (κ3) is 29.2. The van der Waals surface area contributed by atoms with Crippen LogP contribution in [0, 0.1) is 5.92 Å². The Balaban J connectivity index is 3.20. The van der Waals surface area contributed by atoms with Crippen LogP contribution in [0.15, 0.2) is 12.2 Å². The molecule has 0 saturated carbocycles. The summed E-state index contributed by atoms with van der Waals surface area (Å²) in [7, 11) is 0. The lowest BCUT2D eigenvalue weighted by molar-refractivity contribution is -0.146. The topological polar surface area (TPSA) is 74.6 Å². The van der Waals surface area contributed by atoms with E-state index >= 15 is 0 Å². The van der Waals surface area contributed by atoms with Gasteiger partial charge in [0, 0.05) is 0 Å². The first kappa shape index (κ1) is 36.7. The molecule has 0 bridgehead atoms. The van der Waals surface area contributed by atoms with E-state index in [1.807, 2.05) is 6.08 Å². The Hall–Kier alpha value is -1.32. The molecule has 0 radical (unpaired) electrons. The van der Waals surface area contributed by atoms with Crippen LogP contribution in [-0.2, 0) is 9.59 Å². The van der Waals surface area contributed by atoms with Crippen LogP contribution in [0.4, 0.5) is 0 Å². The Morgan fingerprint density at radius 2 is 0.789 bits per heavy atom. The summed E-state index contributed by atoms with van der Waals surface area (Å²) >= 11 is 0. The zero-order chi connectivity index (χ0) is 27.9. The highest BCUT2D eigenvalue weighted by atomic mass is 16.4. The molecule has 0 saturated heterocycles. The van der Waals surface area contributed by atoms with Crippen LogP contribution in [0.5, 0.6) is 0 Å². The summed E-state index contributed by atoms with van der Waals surface area (Å²) < 4.78 is 0. The maximum atomic E-state index is 11.0. The van der Waals surface area contributed by atoms with Crippen molar-refractivity contribution in [1.82, 2.24) is 0 Å². The average molecular weight is 537 g/mol. The van der Waals surface area contributed by atoms with Gasteiger partial charge in [0.05, 0.1) is 12.3 Å². The summed E-state index contributed by atoms with van der Waals surface area (Å²) in [6, 6.07) is 0. The molecule has 0 aliphatic carbocycles. The predicted octanol–water partition coefficient (Wildman–Crippen LogP) is 11.3. The van der Waals surface area contributed by atoms with Crippen molar-refractivity contribution in [1.29, 1.82) is 0 Å². The second-order valence-electron chi connectivity index (χ2n) is 11.6. The fourth-order valence-electron chi connectivity index (χ4n) is 5.26. The van der Waals surface area contributed by atoms with Crippen molar-refractivity contribution in [3.8, 4) is 0 Å². The summed E-state index contributed by atoms with van der Waals surface area (Å²) in [5.41, 5.74) is 0. The molecule has 1 atom stereocenters. The van der Waals surface area contributed by atoms with Gasteiger partial charge in [0.15, 0.2) is 0 Å². The molecule has 224 valence electrons. The van der Waals surface area contributed by atoms with Crippen LogP contribution >= 0.6 is 0 Å². The summed E-state index contributed by atoms with van der Waals surface area (Å²) in [6.07, 6.45) is 40.0. The van der Waals surface area contributed by atoms with E-state index in [1.165, 1.54) is 167 Å². The maximum absolute atomic E-state index is 11.0.